The van der Waals surface area contributed by atoms with Crippen LogP contribution in [-0.4, -0.2) is 42.1 Å². The van der Waals surface area contributed by atoms with E-state index in [2.05, 4.69) is 9.97 Å². The van der Waals surface area contributed by atoms with Gasteiger partial charge in [-0.25, -0.2) is 9.97 Å². The summed E-state index contributed by atoms with van der Waals surface area (Å²) >= 11 is 5.81. The van der Waals surface area contributed by atoms with Crippen molar-refractivity contribution in [3.8, 4) is 6.07 Å². The molecule has 0 aromatic carbocycles. The van der Waals surface area contributed by atoms with Gasteiger partial charge in [0.05, 0.1) is 24.8 Å². The van der Waals surface area contributed by atoms with Crippen LogP contribution in [0.2, 0.25) is 5.15 Å². The molecule has 2 rings (SSSR count). The normalized spacial score (nSPS) is 19.8. The van der Waals surface area contributed by atoms with Gasteiger partial charge in [-0.1, -0.05) is 11.6 Å². The van der Waals surface area contributed by atoms with E-state index in [9.17, 15) is 4.79 Å². The third-order valence-corrected chi connectivity index (χ3v) is 2.74. The predicted molar refractivity (Wildman–Crippen MR) is 60.0 cm³/mol. The van der Waals surface area contributed by atoms with Gasteiger partial charge in [0.25, 0.3) is 0 Å². The minimum Gasteiger partial charge on any atom is -0.360 e. The number of aromatic nitrogens is 2. The zero-order valence-corrected chi connectivity index (χ0v) is 9.59. The number of carbonyl (C=O) groups is 1. The largest absolute Gasteiger partial charge is 0.360 e. The number of ether oxygens (including phenoxy) is 1. The summed E-state index contributed by atoms with van der Waals surface area (Å²) in [6, 6.07) is 2.03. The van der Waals surface area contributed by atoms with Crippen molar-refractivity contribution >= 4 is 23.7 Å². The van der Waals surface area contributed by atoms with E-state index in [0.717, 1.165) is 0 Å². The molecule has 1 aliphatic rings. The van der Waals surface area contributed by atoms with Crippen LogP contribution >= 0.6 is 11.6 Å². The summed E-state index contributed by atoms with van der Waals surface area (Å²) in [6.07, 6.45) is 1.40. The van der Waals surface area contributed by atoms with Crippen LogP contribution < -0.4 is 4.90 Å². The second-order valence-corrected chi connectivity index (χ2v) is 3.81. The number of halogens is 1. The summed E-state index contributed by atoms with van der Waals surface area (Å²) in [5.74, 6) is 0.448. The molecular formula is C10H9ClN4O2. The molecule has 0 bridgehead atoms. The molecule has 1 aromatic heterocycles. The van der Waals surface area contributed by atoms with E-state index < -0.39 is 6.10 Å². The molecule has 1 aromatic rings. The number of nitrogens with zero attached hydrogens (tertiary/aromatic N) is 4. The fourth-order valence-electron chi connectivity index (χ4n) is 1.64. The second-order valence-electron chi connectivity index (χ2n) is 3.45. The maximum atomic E-state index is 11.0. The lowest BCUT2D eigenvalue weighted by atomic mass is 10.2. The van der Waals surface area contributed by atoms with Crippen LogP contribution in [0.15, 0.2) is 6.33 Å². The zero-order valence-electron chi connectivity index (χ0n) is 8.84. The highest BCUT2D eigenvalue weighted by atomic mass is 35.5. The van der Waals surface area contributed by atoms with Gasteiger partial charge in [-0.3, -0.25) is 4.79 Å². The SMILES string of the molecule is N#CC1CN(c2ncnc(Cl)c2C=O)CCO1. The molecule has 1 fully saturated rings. The van der Waals surface area contributed by atoms with Crippen LogP contribution in [-0.2, 0) is 4.74 Å². The molecule has 1 aliphatic heterocycles. The molecule has 0 spiro atoms. The molecule has 1 atom stereocenters. The Hall–Kier alpha value is -1.71. The number of hydrogen-bond acceptors (Lipinski definition) is 6. The van der Waals surface area contributed by atoms with Gasteiger partial charge in [0.2, 0.25) is 0 Å². The van der Waals surface area contributed by atoms with Gasteiger partial charge in [-0.05, 0) is 0 Å². The Morgan fingerprint density at radius 3 is 3.18 bits per heavy atom. The Balaban J connectivity index is 2.31. The van der Waals surface area contributed by atoms with E-state index in [4.69, 9.17) is 21.6 Å². The molecule has 7 heteroatoms. The van der Waals surface area contributed by atoms with Crippen LogP contribution in [0.3, 0.4) is 0 Å². The highest BCUT2D eigenvalue weighted by Crippen LogP contribution is 2.22. The summed E-state index contributed by atoms with van der Waals surface area (Å²) < 4.78 is 5.22. The van der Waals surface area contributed by atoms with Crippen LogP contribution in [0.5, 0.6) is 0 Å². The van der Waals surface area contributed by atoms with Crippen LogP contribution in [0.25, 0.3) is 0 Å². The number of anilines is 1. The first-order valence-corrected chi connectivity index (χ1v) is 5.36. The molecule has 0 radical (unpaired) electrons. The minimum absolute atomic E-state index is 0.116. The molecule has 0 amide bonds. The molecule has 1 unspecified atom stereocenters. The lowest BCUT2D eigenvalue weighted by Gasteiger charge is -2.31. The molecule has 0 saturated carbocycles. The van der Waals surface area contributed by atoms with Gasteiger partial charge in [0, 0.05) is 6.54 Å². The van der Waals surface area contributed by atoms with E-state index in [0.29, 0.717) is 31.8 Å². The van der Waals surface area contributed by atoms with Crippen molar-refractivity contribution in [3.63, 3.8) is 0 Å². The molecule has 0 aliphatic carbocycles. The third-order valence-electron chi connectivity index (χ3n) is 2.44. The predicted octanol–water partition coefficient (Wildman–Crippen LogP) is 0.671. The first kappa shape index (κ1) is 11.8. The van der Waals surface area contributed by atoms with Crippen molar-refractivity contribution in [2.24, 2.45) is 0 Å². The maximum Gasteiger partial charge on any atom is 0.161 e. The Morgan fingerprint density at radius 1 is 1.65 bits per heavy atom. The number of carbonyl (C=O) groups excluding carboxylic acids is 1. The summed E-state index contributed by atoms with van der Waals surface area (Å²) in [4.78, 5) is 20.5. The van der Waals surface area contributed by atoms with Crippen LogP contribution in [0.1, 0.15) is 10.4 Å². The molecule has 17 heavy (non-hydrogen) atoms. The summed E-state index contributed by atoms with van der Waals surface area (Å²) in [7, 11) is 0. The van der Waals surface area contributed by atoms with E-state index in [-0.39, 0.29) is 10.7 Å². The first-order valence-electron chi connectivity index (χ1n) is 4.98. The smallest absolute Gasteiger partial charge is 0.161 e. The van der Waals surface area contributed by atoms with Crippen molar-refractivity contribution in [1.82, 2.24) is 9.97 Å². The molecule has 2 heterocycles. The summed E-state index contributed by atoms with van der Waals surface area (Å²) in [5, 5.41) is 8.92. The zero-order chi connectivity index (χ0) is 12.3. The van der Waals surface area contributed by atoms with Gasteiger partial charge >= 0.3 is 0 Å². The minimum atomic E-state index is -0.517. The average molecular weight is 253 g/mol. The maximum absolute atomic E-state index is 11.0. The second kappa shape index (κ2) is 5.08. The average Bonchev–Trinajstić information content (AvgIpc) is 2.38. The fraction of sp³-hybridized carbons (Fsp3) is 0.400. The highest BCUT2D eigenvalue weighted by molar-refractivity contribution is 6.32. The van der Waals surface area contributed by atoms with Gasteiger partial charge in [0.1, 0.15) is 17.3 Å². The number of aldehydes is 1. The van der Waals surface area contributed by atoms with E-state index >= 15 is 0 Å². The lowest BCUT2D eigenvalue weighted by molar-refractivity contribution is 0.0760. The molecule has 6 nitrogen and oxygen atoms in total. The van der Waals surface area contributed by atoms with E-state index in [1.807, 2.05) is 6.07 Å². The number of nitriles is 1. The van der Waals surface area contributed by atoms with Crippen molar-refractivity contribution in [2.75, 3.05) is 24.6 Å². The third kappa shape index (κ3) is 2.35. The van der Waals surface area contributed by atoms with Gasteiger partial charge in [-0.2, -0.15) is 5.26 Å². The Labute approximate surface area is 103 Å². The Bertz CT molecular complexity index is 474. The molecule has 88 valence electrons. The topological polar surface area (TPSA) is 79.1 Å². The van der Waals surface area contributed by atoms with Crippen molar-refractivity contribution in [1.29, 1.82) is 5.26 Å². The Kier molecular flexibility index (Phi) is 3.52. The van der Waals surface area contributed by atoms with Crippen molar-refractivity contribution in [2.45, 2.75) is 6.10 Å². The van der Waals surface area contributed by atoms with Crippen LogP contribution in [0, 0.1) is 11.3 Å². The van der Waals surface area contributed by atoms with Gasteiger partial charge < -0.3 is 9.64 Å². The lowest BCUT2D eigenvalue weighted by Crippen LogP contribution is -2.42. The van der Waals surface area contributed by atoms with Crippen molar-refractivity contribution in [3.05, 3.63) is 17.0 Å². The van der Waals surface area contributed by atoms with Crippen molar-refractivity contribution < 1.29 is 9.53 Å². The molecule has 0 N–H and O–H groups in total. The molecular weight excluding hydrogens is 244 g/mol. The Morgan fingerprint density at radius 2 is 2.47 bits per heavy atom. The van der Waals surface area contributed by atoms with Gasteiger partial charge in [0.15, 0.2) is 12.4 Å². The monoisotopic (exact) mass is 252 g/mol. The number of morpholine rings is 1. The summed E-state index contributed by atoms with van der Waals surface area (Å²) in [5.41, 5.74) is 0.243. The van der Waals surface area contributed by atoms with Gasteiger partial charge in [-0.15, -0.1) is 0 Å². The summed E-state index contributed by atoms with van der Waals surface area (Å²) in [6.45, 7) is 1.34. The first-order chi connectivity index (χ1) is 8.26. The highest BCUT2D eigenvalue weighted by Gasteiger charge is 2.24. The fourth-order valence-corrected chi connectivity index (χ4v) is 1.81. The standard InChI is InChI=1S/C10H9ClN4O2/c11-9-8(5-16)10(14-6-13-9)15-1-2-17-7(3-12)4-15/h5-7H,1-2,4H2. The molecule has 1 saturated heterocycles. The van der Waals surface area contributed by atoms with E-state index in [1.54, 1.807) is 4.90 Å². The van der Waals surface area contributed by atoms with E-state index in [1.165, 1.54) is 6.33 Å². The van der Waals surface area contributed by atoms with Crippen LogP contribution in [0.4, 0.5) is 5.82 Å². The number of rotatable bonds is 2. The quantitative estimate of drug-likeness (QED) is 0.569. The number of hydrogen-bond donors (Lipinski definition) is 0.